The molecule has 47 valence electrons. The zero-order valence-corrected chi connectivity index (χ0v) is 5.65. The number of carboxylic acid groups (broad SMARTS) is 2. The summed E-state index contributed by atoms with van der Waals surface area (Å²) in [6.07, 6.45) is 0. The molecule has 0 fully saturated rings. The van der Waals surface area contributed by atoms with Crippen LogP contribution < -0.4 is 10.2 Å². The molecule has 0 saturated heterocycles. The predicted octanol–water partition coefficient (Wildman–Crippen LogP) is -3.52. The number of aliphatic carboxylic acids is 2. The van der Waals surface area contributed by atoms with E-state index in [0.29, 0.717) is 0 Å². The van der Waals surface area contributed by atoms with Crippen LogP contribution in [0.1, 0.15) is 0 Å². The third-order valence-corrected chi connectivity index (χ3v) is 0.167. The summed E-state index contributed by atoms with van der Waals surface area (Å²) in [4.78, 5) is 17.9. The molecule has 0 aromatic rings. The van der Waals surface area contributed by atoms with Crippen LogP contribution in [0.4, 0.5) is 0 Å². The SMILES string of the molecule is O=C([O-])C(=O)[O-].[Fe].[Mn+2]. The summed E-state index contributed by atoms with van der Waals surface area (Å²) in [5.41, 5.74) is 0. The quantitative estimate of drug-likeness (QED) is 0.299. The van der Waals surface area contributed by atoms with Crippen molar-refractivity contribution >= 4 is 11.9 Å². The Morgan fingerprint density at radius 1 is 1.00 bits per heavy atom. The summed E-state index contributed by atoms with van der Waals surface area (Å²) in [6.45, 7) is 0. The van der Waals surface area contributed by atoms with Crippen LogP contribution >= 0.6 is 0 Å². The molecule has 0 atom stereocenters. The van der Waals surface area contributed by atoms with E-state index in [1.165, 1.54) is 0 Å². The minimum absolute atomic E-state index is 0. The third kappa shape index (κ3) is 9.36. The summed E-state index contributed by atoms with van der Waals surface area (Å²) in [7, 11) is 0. The monoisotopic (exact) mass is 199 g/mol. The molecular formula is C2FeMnO4. The Labute approximate surface area is 66.2 Å². The first-order chi connectivity index (χ1) is 2.64. The van der Waals surface area contributed by atoms with Crippen LogP contribution in [-0.4, -0.2) is 11.9 Å². The molecule has 6 heteroatoms. The Morgan fingerprint density at radius 2 is 1.12 bits per heavy atom. The smallest absolute Gasteiger partial charge is 0.543 e. The van der Waals surface area contributed by atoms with E-state index in [1.807, 2.05) is 0 Å². The van der Waals surface area contributed by atoms with Gasteiger partial charge in [-0.2, -0.15) is 0 Å². The second-order valence-electron chi connectivity index (χ2n) is 0.575. The average molecular weight is 199 g/mol. The summed E-state index contributed by atoms with van der Waals surface area (Å²) >= 11 is 0. The maximum absolute atomic E-state index is 8.93. The second-order valence-corrected chi connectivity index (χ2v) is 0.575. The second kappa shape index (κ2) is 6.98. The molecule has 0 aliphatic rings. The molecule has 0 aliphatic heterocycles. The molecule has 0 aromatic heterocycles. The van der Waals surface area contributed by atoms with Crippen molar-refractivity contribution in [2.24, 2.45) is 0 Å². The van der Waals surface area contributed by atoms with E-state index in [1.54, 1.807) is 0 Å². The first-order valence-corrected chi connectivity index (χ1v) is 1.07. The molecule has 0 amide bonds. The minimum atomic E-state index is -2.19. The molecule has 0 saturated carbocycles. The zero-order valence-electron chi connectivity index (χ0n) is 3.36. The van der Waals surface area contributed by atoms with Crippen molar-refractivity contribution in [3.05, 3.63) is 0 Å². The van der Waals surface area contributed by atoms with Crippen LogP contribution in [0.3, 0.4) is 0 Å². The van der Waals surface area contributed by atoms with Gasteiger partial charge in [-0.15, -0.1) is 0 Å². The van der Waals surface area contributed by atoms with Crippen LogP contribution in [0.2, 0.25) is 0 Å². The Kier molecular flexibility index (Phi) is 13.7. The van der Waals surface area contributed by atoms with E-state index in [9.17, 15) is 0 Å². The van der Waals surface area contributed by atoms with Gasteiger partial charge < -0.3 is 19.8 Å². The van der Waals surface area contributed by atoms with E-state index in [2.05, 4.69) is 0 Å². The molecule has 0 spiro atoms. The van der Waals surface area contributed by atoms with Crippen molar-refractivity contribution in [3.8, 4) is 0 Å². The third-order valence-electron chi connectivity index (χ3n) is 0.167. The summed E-state index contributed by atoms with van der Waals surface area (Å²) in [6, 6.07) is 0. The van der Waals surface area contributed by atoms with Crippen molar-refractivity contribution in [1.82, 2.24) is 0 Å². The van der Waals surface area contributed by atoms with Gasteiger partial charge in [-0.3, -0.25) is 0 Å². The van der Waals surface area contributed by atoms with Gasteiger partial charge in [0.2, 0.25) is 0 Å². The van der Waals surface area contributed by atoms with E-state index in [-0.39, 0.29) is 34.1 Å². The molecule has 8 heavy (non-hydrogen) atoms. The normalized spacial score (nSPS) is 5.50. The van der Waals surface area contributed by atoms with Crippen molar-refractivity contribution in [2.75, 3.05) is 0 Å². The first kappa shape index (κ1) is 15.7. The average Bonchev–Trinajstić information content (AvgIpc) is 1.36. The van der Waals surface area contributed by atoms with Gasteiger partial charge in [0.25, 0.3) is 0 Å². The zero-order chi connectivity index (χ0) is 5.15. The van der Waals surface area contributed by atoms with E-state index >= 15 is 0 Å². The van der Waals surface area contributed by atoms with E-state index in [0.717, 1.165) is 0 Å². The van der Waals surface area contributed by atoms with Gasteiger partial charge in [0, 0.05) is 17.1 Å². The fraction of sp³-hybridized carbons (Fsp3) is 0. The van der Waals surface area contributed by atoms with Crippen LogP contribution in [-0.2, 0) is 43.7 Å². The molecule has 0 N–H and O–H groups in total. The van der Waals surface area contributed by atoms with Crippen LogP contribution in [0, 0.1) is 0 Å². The number of hydrogen-bond acceptors (Lipinski definition) is 4. The maximum Gasteiger partial charge on any atom is 2.00 e. The Hall–Kier alpha value is -0.0210. The van der Waals surface area contributed by atoms with Crippen molar-refractivity contribution in [1.29, 1.82) is 0 Å². The van der Waals surface area contributed by atoms with Crippen LogP contribution in [0.5, 0.6) is 0 Å². The summed E-state index contributed by atoms with van der Waals surface area (Å²) < 4.78 is 0. The van der Waals surface area contributed by atoms with Crippen LogP contribution in [0.15, 0.2) is 0 Å². The van der Waals surface area contributed by atoms with Gasteiger partial charge in [0.1, 0.15) is 0 Å². The van der Waals surface area contributed by atoms with Crippen molar-refractivity contribution in [2.45, 2.75) is 0 Å². The number of carboxylic acids is 2. The van der Waals surface area contributed by atoms with Gasteiger partial charge in [0.15, 0.2) is 0 Å². The van der Waals surface area contributed by atoms with Gasteiger partial charge in [0.05, 0.1) is 11.9 Å². The van der Waals surface area contributed by atoms with Gasteiger partial charge in [-0.25, -0.2) is 0 Å². The summed E-state index contributed by atoms with van der Waals surface area (Å²) in [5.74, 6) is -4.37. The Bertz CT molecular complexity index is 80.0. The number of carbonyl (C=O) groups is 2. The van der Waals surface area contributed by atoms with Crippen molar-refractivity contribution < 1.29 is 53.9 Å². The molecule has 0 unspecified atom stereocenters. The number of carbonyl (C=O) groups excluding carboxylic acids is 2. The van der Waals surface area contributed by atoms with Gasteiger partial charge >= 0.3 is 17.1 Å². The van der Waals surface area contributed by atoms with Crippen LogP contribution in [0.25, 0.3) is 0 Å². The maximum atomic E-state index is 8.93. The summed E-state index contributed by atoms with van der Waals surface area (Å²) in [5, 5.41) is 17.9. The standard InChI is InChI=1S/C2H2O4.Fe.Mn/c3-1(4)2(5)6;;/h(H,3,4)(H,5,6);;/q;;+2/p-2. The fourth-order valence-corrected chi connectivity index (χ4v) is 0. The molecule has 0 heterocycles. The first-order valence-electron chi connectivity index (χ1n) is 1.07. The van der Waals surface area contributed by atoms with E-state index < -0.39 is 11.9 Å². The number of rotatable bonds is 0. The molecular weight excluding hydrogens is 199 g/mol. The molecule has 0 rings (SSSR count). The Morgan fingerprint density at radius 3 is 1.12 bits per heavy atom. The molecule has 0 bridgehead atoms. The topological polar surface area (TPSA) is 80.3 Å². The molecule has 0 aliphatic carbocycles. The minimum Gasteiger partial charge on any atom is -0.543 e. The van der Waals surface area contributed by atoms with E-state index in [4.69, 9.17) is 19.8 Å². The van der Waals surface area contributed by atoms with Crippen molar-refractivity contribution in [3.63, 3.8) is 0 Å². The molecule has 0 aromatic carbocycles. The predicted molar refractivity (Wildman–Crippen MR) is 10.0 cm³/mol. The Balaban J connectivity index is -0.000000125. The molecule has 1 radical (unpaired) electrons. The van der Waals surface area contributed by atoms with Gasteiger partial charge in [-0.05, 0) is 0 Å². The fourth-order valence-electron chi connectivity index (χ4n) is 0. The molecule has 4 nitrogen and oxygen atoms in total. The number of hydrogen-bond donors (Lipinski definition) is 0. The largest absolute Gasteiger partial charge is 2.00 e. The van der Waals surface area contributed by atoms with Gasteiger partial charge in [-0.1, -0.05) is 0 Å².